The summed E-state index contributed by atoms with van der Waals surface area (Å²) in [6.07, 6.45) is 2.11. The molecule has 1 saturated heterocycles. The number of likely N-dealkylation sites (tertiary alicyclic amines) is 1. The minimum absolute atomic E-state index is 0.0385. The second-order valence-electron chi connectivity index (χ2n) is 6.85. The van der Waals surface area contributed by atoms with Crippen molar-refractivity contribution in [2.24, 2.45) is 0 Å². The van der Waals surface area contributed by atoms with Crippen molar-refractivity contribution in [3.05, 3.63) is 63.8 Å². The summed E-state index contributed by atoms with van der Waals surface area (Å²) in [5.74, 6) is -0.187. The van der Waals surface area contributed by atoms with E-state index in [2.05, 4.69) is 26.2 Å². The summed E-state index contributed by atoms with van der Waals surface area (Å²) >= 11 is 3.43. The van der Waals surface area contributed by atoms with Gasteiger partial charge in [0, 0.05) is 39.7 Å². The SMILES string of the molecule is Cc1c(NC(=O)c2cc3ccc(Br)cc3[nH]2)cccc1C(=O)N1CCCC1. The molecule has 1 aliphatic rings. The van der Waals surface area contributed by atoms with Gasteiger partial charge in [-0.2, -0.15) is 0 Å². The van der Waals surface area contributed by atoms with Crippen LogP contribution < -0.4 is 5.32 Å². The number of carbonyl (C=O) groups is 2. The topological polar surface area (TPSA) is 65.2 Å². The van der Waals surface area contributed by atoms with E-state index in [1.54, 1.807) is 0 Å². The maximum atomic E-state index is 12.7. The molecule has 1 aliphatic heterocycles. The Hall–Kier alpha value is -2.60. The molecule has 0 spiro atoms. The first-order valence-corrected chi connectivity index (χ1v) is 9.81. The number of halogens is 1. The number of benzene rings is 2. The number of aromatic nitrogens is 1. The van der Waals surface area contributed by atoms with Crippen LogP contribution in [-0.4, -0.2) is 34.8 Å². The average Bonchev–Trinajstić information content (AvgIpc) is 3.32. The fourth-order valence-corrected chi connectivity index (χ4v) is 3.87. The predicted molar refractivity (Wildman–Crippen MR) is 110 cm³/mol. The molecule has 0 radical (unpaired) electrons. The van der Waals surface area contributed by atoms with Gasteiger partial charge in [0.2, 0.25) is 0 Å². The van der Waals surface area contributed by atoms with Crippen molar-refractivity contribution in [2.75, 3.05) is 18.4 Å². The zero-order valence-electron chi connectivity index (χ0n) is 15.0. The summed E-state index contributed by atoms with van der Waals surface area (Å²) in [7, 11) is 0. The monoisotopic (exact) mass is 425 g/mol. The van der Waals surface area contributed by atoms with Crippen molar-refractivity contribution in [3.63, 3.8) is 0 Å². The molecular formula is C21H20BrN3O2. The van der Waals surface area contributed by atoms with Gasteiger partial charge in [-0.15, -0.1) is 0 Å². The van der Waals surface area contributed by atoms with Crippen molar-refractivity contribution < 1.29 is 9.59 Å². The van der Waals surface area contributed by atoms with Gasteiger partial charge in [0.1, 0.15) is 5.69 Å². The molecule has 2 aromatic carbocycles. The van der Waals surface area contributed by atoms with Crippen molar-refractivity contribution in [2.45, 2.75) is 19.8 Å². The van der Waals surface area contributed by atoms with Crippen LogP contribution in [0.4, 0.5) is 5.69 Å². The van der Waals surface area contributed by atoms with E-state index in [-0.39, 0.29) is 11.8 Å². The van der Waals surface area contributed by atoms with E-state index in [1.807, 2.05) is 54.3 Å². The quantitative estimate of drug-likeness (QED) is 0.636. The van der Waals surface area contributed by atoms with Crippen molar-refractivity contribution in [1.29, 1.82) is 0 Å². The zero-order valence-corrected chi connectivity index (χ0v) is 16.6. The second-order valence-corrected chi connectivity index (χ2v) is 7.76. The van der Waals surface area contributed by atoms with Gasteiger partial charge in [-0.05, 0) is 55.7 Å². The van der Waals surface area contributed by atoms with E-state index in [1.165, 1.54) is 0 Å². The third kappa shape index (κ3) is 3.49. The van der Waals surface area contributed by atoms with Gasteiger partial charge in [-0.3, -0.25) is 9.59 Å². The van der Waals surface area contributed by atoms with E-state index in [0.717, 1.165) is 46.9 Å². The van der Waals surface area contributed by atoms with Gasteiger partial charge in [0.15, 0.2) is 0 Å². The molecule has 6 heteroatoms. The van der Waals surface area contributed by atoms with Gasteiger partial charge >= 0.3 is 0 Å². The van der Waals surface area contributed by atoms with Crippen LogP contribution in [0, 0.1) is 6.92 Å². The minimum Gasteiger partial charge on any atom is -0.350 e. The molecule has 27 heavy (non-hydrogen) atoms. The van der Waals surface area contributed by atoms with Crippen molar-refractivity contribution in [3.8, 4) is 0 Å². The van der Waals surface area contributed by atoms with Gasteiger partial charge in [0.05, 0.1) is 0 Å². The minimum atomic E-state index is -0.226. The smallest absolute Gasteiger partial charge is 0.272 e. The lowest BCUT2D eigenvalue weighted by atomic mass is 10.1. The summed E-state index contributed by atoms with van der Waals surface area (Å²) in [4.78, 5) is 30.5. The Morgan fingerprint density at radius 1 is 1.11 bits per heavy atom. The van der Waals surface area contributed by atoms with E-state index >= 15 is 0 Å². The van der Waals surface area contributed by atoms with Gasteiger partial charge in [-0.25, -0.2) is 0 Å². The van der Waals surface area contributed by atoms with Gasteiger partial charge in [0.25, 0.3) is 11.8 Å². The number of carbonyl (C=O) groups excluding carboxylic acids is 2. The molecule has 0 unspecified atom stereocenters. The zero-order chi connectivity index (χ0) is 19.0. The number of anilines is 1. The van der Waals surface area contributed by atoms with Crippen LogP contribution in [0.2, 0.25) is 0 Å². The summed E-state index contributed by atoms with van der Waals surface area (Å²) in [6.45, 7) is 3.49. The van der Waals surface area contributed by atoms with Crippen LogP contribution in [0.1, 0.15) is 39.3 Å². The van der Waals surface area contributed by atoms with E-state index < -0.39 is 0 Å². The average molecular weight is 426 g/mol. The third-order valence-corrected chi connectivity index (χ3v) is 5.53. The number of fused-ring (bicyclic) bond motifs is 1. The molecule has 0 aliphatic carbocycles. The fraction of sp³-hybridized carbons (Fsp3) is 0.238. The van der Waals surface area contributed by atoms with Crippen LogP contribution in [0.5, 0.6) is 0 Å². The summed E-state index contributed by atoms with van der Waals surface area (Å²) in [5, 5.41) is 3.91. The summed E-state index contributed by atoms with van der Waals surface area (Å²) in [6, 6.07) is 13.1. The van der Waals surface area contributed by atoms with E-state index in [0.29, 0.717) is 16.9 Å². The van der Waals surface area contributed by atoms with E-state index in [9.17, 15) is 9.59 Å². The molecule has 5 nitrogen and oxygen atoms in total. The Morgan fingerprint density at radius 2 is 1.89 bits per heavy atom. The summed E-state index contributed by atoms with van der Waals surface area (Å²) < 4.78 is 0.952. The van der Waals surface area contributed by atoms with Crippen LogP contribution in [-0.2, 0) is 0 Å². The Kier molecular flexibility index (Phi) is 4.74. The maximum Gasteiger partial charge on any atom is 0.272 e. The molecule has 0 atom stereocenters. The standard InChI is InChI=1S/C21H20BrN3O2/c1-13-16(21(27)25-9-2-3-10-25)5-4-6-17(13)24-20(26)19-11-14-7-8-15(22)12-18(14)23-19/h4-8,11-12,23H,2-3,9-10H2,1H3,(H,24,26). The first-order valence-electron chi connectivity index (χ1n) is 9.01. The highest BCUT2D eigenvalue weighted by atomic mass is 79.9. The van der Waals surface area contributed by atoms with Crippen LogP contribution >= 0.6 is 15.9 Å². The molecular weight excluding hydrogens is 406 g/mol. The Morgan fingerprint density at radius 3 is 2.67 bits per heavy atom. The molecule has 0 saturated carbocycles. The highest BCUT2D eigenvalue weighted by Crippen LogP contribution is 2.24. The highest BCUT2D eigenvalue weighted by molar-refractivity contribution is 9.10. The Labute approximate surface area is 165 Å². The molecule has 2 N–H and O–H groups in total. The van der Waals surface area contributed by atoms with Crippen LogP contribution in [0.25, 0.3) is 10.9 Å². The number of H-pyrrole nitrogens is 1. The lowest BCUT2D eigenvalue weighted by Gasteiger charge is -2.18. The Bertz CT molecular complexity index is 1040. The maximum absolute atomic E-state index is 12.7. The number of nitrogens with zero attached hydrogens (tertiary/aromatic N) is 1. The number of hydrogen-bond donors (Lipinski definition) is 2. The number of hydrogen-bond acceptors (Lipinski definition) is 2. The molecule has 3 aromatic rings. The third-order valence-electron chi connectivity index (χ3n) is 5.03. The first-order chi connectivity index (χ1) is 13.0. The van der Waals surface area contributed by atoms with Crippen LogP contribution in [0.15, 0.2) is 46.9 Å². The lowest BCUT2D eigenvalue weighted by molar-refractivity contribution is 0.0791. The molecule has 1 aromatic heterocycles. The predicted octanol–water partition coefficient (Wildman–Crippen LogP) is 4.73. The second kappa shape index (κ2) is 7.19. The van der Waals surface area contributed by atoms with Gasteiger partial charge < -0.3 is 15.2 Å². The first kappa shape index (κ1) is 17.8. The number of rotatable bonds is 3. The fourth-order valence-electron chi connectivity index (χ4n) is 3.50. The van der Waals surface area contributed by atoms with Crippen molar-refractivity contribution >= 4 is 44.3 Å². The molecule has 1 fully saturated rings. The van der Waals surface area contributed by atoms with E-state index in [4.69, 9.17) is 0 Å². The molecule has 0 bridgehead atoms. The van der Waals surface area contributed by atoms with Crippen molar-refractivity contribution in [1.82, 2.24) is 9.88 Å². The highest BCUT2D eigenvalue weighted by Gasteiger charge is 2.22. The molecule has 2 heterocycles. The largest absolute Gasteiger partial charge is 0.350 e. The lowest BCUT2D eigenvalue weighted by Crippen LogP contribution is -2.28. The Balaban J connectivity index is 1.58. The molecule has 138 valence electrons. The number of nitrogens with one attached hydrogen (secondary N) is 2. The summed E-state index contributed by atoms with van der Waals surface area (Å²) in [5.41, 5.74) is 3.48. The normalized spacial score (nSPS) is 13.9. The number of amides is 2. The molecule has 4 rings (SSSR count). The molecule has 2 amide bonds. The van der Waals surface area contributed by atoms with Crippen LogP contribution in [0.3, 0.4) is 0 Å². The van der Waals surface area contributed by atoms with Gasteiger partial charge in [-0.1, -0.05) is 28.1 Å². The number of aromatic amines is 1.